The van der Waals surface area contributed by atoms with E-state index in [9.17, 15) is 9.59 Å². The zero-order valence-electron chi connectivity index (χ0n) is 18.7. The molecule has 166 valence electrons. The molecule has 1 saturated heterocycles. The number of nitrogens with zero attached hydrogens (tertiary/aromatic N) is 2. The molecule has 6 nitrogen and oxygen atoms in total. The number of piperidine rings is 1. The molecule has 2 amide bonds. The van der Waals surface area contributed by atoms with E-state index in [-0.39, 0.29) is 23.8 Å². The van der Waals surface area contributed by atoms with Crippen molar-refractivity contribution in [2.75, 3.05) is 34.3 Å². The van der Waals surface area contributed by atoms with Crippen LogP contribution in [0.3, 0.4) is 0 Å². The summed E-state index contributed by atoms with van der Waals surface area (Å²) in [7, 11) is 5.50. The van der Waals surface area contributed by atoms with Gasteiger partial charge in [0.2, 0.25) is 11.8 Å². The molecule has 0 bridgehead atoms. The summed E-state index contributed by atoms with van der Waals surface area (Å²) in [6.07, 6.45) is 1.85. The number of amides is 2. The predicted molar refractivity (Wildman–Crippen MR) is 122 cm³/mol. The van der Waals surface area contributed by atoms with Crippen molar-refractivity contribution >= 4 is 11.8 Å². The number of nitrogens with one attached hydrogen (secondary N) is 1. The van der Waals surface area contributed by atoms with Crippen molar-refractivity contribution in [3.63, 3.8) is 0 Å². The first kappa shape index (κ1) is 22.8. The lowest BCUT2D eigenvalue weighted by molar-refractivity contribution is -0.141. The maximum absolute atomic E-state index is 13.0. The van der Waals surface area contributed by atoms with Gasteiger partial charge in [0.15, 0.2) is 0 Å². The van der Waals surface area contributed by atoms with Gasteiger partial charge in [0, 0.05) is 26.6 Å². The van der Waals surface area contributed by atoms with Crippen LogP contribution in [0.4, 0.5) is 0 Å². The third-order valence-electron chi connectivity index (χ3n) is 5.97. The number of likely N-dealkylation sites (tertiary alicyclic amines) is 1. The third kappa shape index (κ3) is 6.07. The second-order valence-electron chi connectivity index (χ2n) is 8.24. The highest BCUT2D eigenvalue weighted by Gasteiger charge is 2.38. The van der Waals surface area contributed by atoms with Gasteiger partial charge in [-0.05, 0) is 49.7 Å². The average Bonchev–Trinajstić information content (AvgIpc) is 2.79. The normalized spacial score (nSPS) is 18.8. The van der Waals surface area contributed by atoms with Gasteiger partial charge in [-0.25, -0.2) is 0 Å². The van der Waals surface area contributed by atoms with E-state index in [0.29, 0.717) is 19.4 Å². The van der Waals surface area contributed by atoms with E-state index < -0.39 is 0 Å². The van der Waals surface area contributed by atoms with Crippen molar-refractivity contribution in [3.05, 3.63) is 65.7 Å². The third-order valence-corrected chi connectivity index (χ3v) is 5.97. The summed E-state index contributed by atoms with van der Waals surface area (Å²) in [6, 6.07) is 17.7. The van der Waals surface area contributed by atoms with E-state index in [1.165, 1.54) is 5.56 Å². The number of methoxy groups -OCH3 is 1. The van der Waals surface area contributed by atoms with Gasteiger partial charge >= 0.3 is 0 Å². The smallest absolute Gasteiger partial charge is 0.225 e. The Morgan fingerprint density at radius 3 is 2.55 bits per heavy atom. The van der Waals surface area contributed by atoms with Gasteiger partial charge in [0.05, 0.1) is 19.1 Å². The van der Waals surface area contributed by atoms with Crippen LogP contribution in [0.15, 0.2) is 54.6 Å². The Hall–Kier alpha value is -2.86. The molecule has 1 N–H and O–H groups in total. The van der Waals surface area contributed by atoms with Crippen molar-refractivity contribution in [1.82, 2.24) is 15.1 Å². The minimum atomic E-state index is -0.257. The van der Waals surface area contributed by atoms with Gasteiger partial charge < -0.3 is 19.9 Å². The van der Waals surface area contributed by atoms with E-state index in [1.54, 1.807) is 19.1 Å². The molecule has 2 aromatic carbocycles. The monoisotopic (exact) mass is 423 g/mol. The van der Waals surface area contributed by atoms with Crippen molar-refractivity contribution in [2.45, 2.75) is 31.8 Å². The minimum absolute atomic E-state index is 0.0193. The Morgan fingerprint density at radius 1 is 1.16 bits per heavy atom. The molecule has 2 aromatic rings. The van der Waals surface area contributed by atoms with E-state index >= 15 is 0 Å². The first-order valence-electron chi connectivity index (χ1n) is 10.9. The Bertz CT molecular complexity index is 854. The molecular formula is C25H33N3O3. The SMILES string of the molecule is COc1ccc([C@H]2[C@H](C(=O)NCCCN(C)Cc3ccccc3)CCC(=O)N2C)cc1. The summed E-state index contributed by atoms with van der Waals surface area (Å²) in [5.74, 6) is 0.602. The second-order valence-corrected chi connectivity index (χ2v) is 8.24. The number of hydrogen-bond donors (Lipinski definition) is 1. The van der Waals surface area contributed by atoms with Crippen LogP contribution >= 0.6 is 0 Å². The number of ether oxygens (including phenoxy) is 1. The number of carbonyl (C=O) groups excluding carboxylic acids is 2. The topological polar surface area (TPSA) is 61.9 Å². The molecular weight excluding hydrogens is 390 g/mol. The van der Waals surface area contributed by atoms with Crippen LogP contribution in [0.25, 0.3) is 0 Å². The van der Waals surface area contributed by atoms with Crippen molar-refractivity contribution in [2.24, 2.45) is 5.92 Å². The summed E-state index contributed by atoms with van der Waals surface area (Å²) in [5, 5.41) is 3.10. The molecule has 0 aromatic heterocycles. The maximum atomic E-state index is 13.0. The van der Waals surface area contributed by atoms with Gasteiger partial charge in [-0.2, -0.15) is 0 Å². The van der Waals surface area contributed by atoms with Gasteiger partial charge in [0.25, 0.3) is 0 Å². The van der Waals surface area contributed by atoms with Crippen LogP contribution in [-0.4, -0.2) is 55.9 Å². The van der Waals surface area contributed by atoms with Gasteiger partial charge in [-0.3, -0.25) is 9.59 Å². The fraction of sp³-hybridized carbons (Fsp3) is 0.440. The quantitative estimate of drug-likeness (QED) is 0.629. The fourth-order valence-corrected chi connectivity index (χ4v) is 4.24. The molecule has 6 heteroatoms. The second kappa shape index (κ2) is 11.0. The predicted octanol–water partition coefficient (Wildman–Crippen LogP) is 3.24. The maximum Gasteiger partial charge on any atom is 0.225 e. The highest BCUT2D eigenvalue weighted by atomic mass is 16.5. The van der Waals surface area contributed by atoms with Crippen LogP contribution in [0.2, 0.25) is 0 Å². The zero-order valence-corrected chi connectivity index (χ0v) is 18.7. The Balaban J connectivity index is 1.54. The fourth-order valence-electron chi connectivity index (χ4n) is 4.24. The summed E-state index contributed by atoms with van der Waals surface area (Å²) in [6.45, 7) is 2.42. The molecule has 0 spiro atoms. The molecule has 1 aliphatic rings. The lowest BCUT2D eigenvalue weighted by atomic mass is 9.84. The lowest BCUT2D eigenvalue weighted by Gasteiger charge is -2.38. The molecule has 2 atom stereocenters. The summed E-state index contributed by atoms with van der Waals surface area (Å²) in [4.78, 5) is 29.3. The molecule has 0 saturated carbocycles. The molecule has 3 rings (SSSR count). The Labute approximate surface area is 185 Å². The largest absolute Gasteiger partial charge is 0.497 e. The number of benzene rings is 2. The standard InChI is InChI=1S/C25H33N3O3/c1-27(18-19-8-5-4-6-9-19)17-7-16-26-25(30)22-14-15-23(29)28(2)24(22)20-10-12-21(31-3)13-11-20/h4-6,8-13,22,24H,7,14-18H2,1-3H3,(H,26,30)/t22-,24+/m1/s1. The Morgan fingerprint density at radius 2 is 1.87 bits per heavy atom. The number of hydrogen-bond acceptors (Lipinski definition) is 4. The van der Waals surface area contributed by atoms with Crippen molar-refractivity contribution in [3.8, 4) is 5.75 Å². The summed E-state index contributed by atoms with van der Waals surface area (Å²) < 4.78 is 5.24. The van der Waals surface area contributed by atoms with E-state index in [0.717, 1.165) is 30.8 Å². The summed E-state index contributed by atoms with van der Waals surface area (Å²) >= 11 is 0. The number of rotatable bonds is 9. The number of carbonyl (C=O) groups is 2. The molecule has 31 heavy (non-hydrogen) atoms. The van der Waals surface area contributed by atoms with Crippen LogP contribution in [-0.2, 0) is 16.1 Å². The summed E-state index contributed by atoms with van der Waals surface area (Å²) in [5.41, 5.74) is 2.24. The van der Waals surface area contributed by atoms with E-state index in [4.69, 9.17) is 4.74 Å². The van der Waals surface area contributed by atoms with Crippen molar-refractivity contribution < 1.29 is 14.3 Å². The molecule has 0 unspecified atom stereocenters. The minimum Gasteiger partial charge on any atom is -0.497 e. The molecule has 0 radical (unpaired) electrons. The molecule has 0 aliphatic carbocycles. The van der Waals surface area contributed by atoms with Crippen LogP contribution in [0, 0.1) is 5.92 Å². The molecule has 1 heterocycles. The Kier molecular flexibility index (Phi) is 8.06. The van der Waals surface area contributed by atoms with Crippen molar-refractivity contribution in [1.29, 1.82) is 0 Å². The first-order valence-corrected chi connectivity index (χ1v) is 10.9. The van der Waals surface area contributed by atoms with E-state index in [1.807, 2.05) is 30.3 Å². The average molecular weight is 424 g/mol. The van der Waals surface area contributed by atoms with Gasteiger partial charge in [-0.1, -0.05) is 42.5 Å². The highest BCUT2D eigenvalue weighted by Crippen LogP contribution is 2.36. The highest BCUT2D eigenvalue weighted by molar-refractivity contribution is 5.84. The van der Waals surface area contributed by atoms with Gasteiger partial charge in [-0.15, -0.1) is 0 Å². The lowest BCUT2D eigenvalue weighted by Crippen LogP contribution is -2.46. The molecule has 1 fully saturated rings. The first-order chi connectivity index (χ1) is 15.0. The van der Waals surface area contributed by atoms with Gasteiger partial charge in [0.1, 0.15) is 5.75 Å². The van der Waals surface area contributed by atoms with E-state index in [2.05, 4.69) is 41.5 Å². The van der Waals surface area contributed by atoms with Crippen LogP contribution < -0.4 is 10.1 Å². The van der Waals surface area contributed by atoms with Crippen LogP contribution in [0.5, 0.6) is 5.75 Å². The zero-order chi connectivity index (χ0) is 22.2. The van der Waals surface area contributed by atoms with Crippen LogP contribution in [0.1, 0.15) is 36.4 Å². The molecule has 1 aliphatic heterocycles.